The van der Waals surface area contributed by atoms with Crippen LogP contribution >= 0.6 is 0 Å². The predicted octanol–water partition coefficient (Wildman–Crippen LogP) is 3.63. The van der Waals surface area contributed by atoms with E-state index in [-0.39, 0.29) is 11.2 Å². The van der Waals surface area contributed by atoms with Crippen LogP contribution < -0.4 is 16.4 Å². The molecular weight excluding hydrogens is 427 g/mol. The molecule has 3 aromatic rings. The molecule has 10 nitrogen and oxygen atoms in total. The number of benzene rings is 1. The smallest absolute Gasteiger partial charge is 0.323 e. The van der Waals surface area contributed by atoms with Crippen molar-refractivity contribution in [2.24, 2.45) is 5.10 Å². The second kappa shape index (κ2) is 7.61. The van der Waals surface area contributed by atoms with E-state index in [1.807, 2.05) is 27.0 Å². The summed E-state index contributed by atoms with van der Waals surface area (Å²) in [4.78, 5) is 21.0. The molecule has 1 unspecified atom stereocenters. The summed E-state index contributed by atoms with van der Waals surface area (Å²) in [5.41, 5.74) is 7.91. The molecule has 1 aromatic carbocycles. The van der Waals surface area contributed by atoms with Gasteiger partial charge in [-0.25, -0.2) is 24.2 Å². The SMILES string of the molecule is CC(C)(C)N1N=COC1NC(=O)Nc1ccc(-c2cn(C3CC3)c3ncnc(N)c23)cc1F. The molecule has 1 aliphatic heterocycles. The van der Waals surface area contributed by atoms with Crippen LogP contribution in [0.4, 0.5) is 20.7 Å². The Kier molecular flexibility index (Phi) is 4.84. The number of hydrogen-bond acceptors (Lipinski definition) is 7. The van der Waals surface area contributed by atoms with Crippen molar-refractivity contribution in [3.05, 3.63) is 36.5 Å². The van der Waals surface area contributed by atoms with Crippen molar-refractivity contribution in [2.45, 2.75) is 51.5 Å². The van der Waals surface area contributed by atoms with E-state index in [1.54, 1.807) is 11.1 Å². The summed E-state index contributed by atoms with van der Waals surface area (Å²) < 4.78 is 22.4. The fraction of sp³-hybridized carbons (Fsp3) is 0.364. The number of nitrogens with two attached hydrogens (primary N) is 1. The first-order chi connectivity index (χ1) is 15.7. The van der Waals surface area contributed by atoms with Crippen LogP contribution in [0, 0.1) is 5.82 Å². The summed E-state index contributed by atoms with van der Waals surface area (Å²) in [6, 6.07) is 4.37. The molecule has 1 aliphatic carbocycles. The number of anilines is 2. The minimum Gasteiger partial charge on any atom is -0.439 e. The highest BCUT2D eigenvalue weighted by Gasteiger charge is 2.33. The second-order valence-corrected chi connectivity index (χ2v) is 9.16. The number of halogens is 1. The highest BCUT2D eigenvalue weighted by molar-refractivity contribution is 6.01. The molecule has 0 saturated heterocycles. The summed E-state index contributed by atoms with van der Waals surface area (Å²) >= 11 is 0. The molecule has 0 bridgehead atoms. The maximum atomic E-state index is 15.0. The number of carbonyl (C=O) groups is 1. The predicted molar refractivity (Wildman–Crippen MR) is 123 cm³/mol. The zero-order valence-electron chi connectivity index (χ0n) is 18.5. The molecule has 2 aliphatic rings. The quantitative estimate of drug-likeness (QED) is 0.556. The van der Waals surface area contributed by atoms with E-state index < -0.39 is 18.2 Å². The number of hydrazone groups is 1. The normalized spacial score (nSPS) is 17.9. The maximum absolute atomic E-state index is 15.0. The third kappa shape index (κ3) is 3.90. The fourth-order valence-corrected chi connectivity index (χ4v) is 3.89. The van der Waals surface area contributed by atoms with Gasteiger partial charge in [0.2, 0.25) is 0 Å². The van der Waals surface area contributed by atoms with Crippen molar-refractivity contribution in [1.29, 1.82) is 0 Å². The number of carbonyl (C=O) groups excluding carboxylic acids is 1. The van der Waals surface area contributed by atoms with Gasteiger partial charge in [0.15, 0.2) is 6.40 Å². The van der Waals surface area contributed by atoms with Crippen LogP contribution in [0.25, 0.3) is 22.2 Å². The average molecular weight is 452 g/mol. The number of rotatable bonds is 4. The standard InChI is InChI=1S/C22H25FN8O2/c1-22(2,3)31-21(33-11-27-31)29-20(32)28-16-7-4-12(8-15(16)23)14-9-30(13-5-6-13)19-17(14)18(24)25-10-26-19/h4,7-11,13,21H,5-6H2,1-3H3,(H2,24,25,26)(H2,28,29,32). The van der Waals surface area contributed by atoms with Crippen molar-refractivity contribution >= 4 is 35.0 Å². The van der Waals surface area contributed by atoms with E-state index in [9.17, 15) is 9.18 Å². The van der Waals surface area contributed by atoms with Gasteiger partial charge in [-0.3, -0.25) is 5.32 Å². The van der Waals surface area contributed by atoms with Gasteiger partial charge in [-0.15, -0.1) is 5.10 Å². The Morgan fingerprint density at radius 3 is 2.76 bits per heavy atom. The summed E-state index contributed by atoms with van der Waals surface area (Å²) in [6.07, 6.45) is 6.00. The zero-order valence-corrected chi connectivity index (χ0v) is 18.5. The molecule has 33 heavy (non-hydrogen) atoms. The van der Waals surface area contributed by atoms with Crippen LogP contribution in [0.3, 0.4) is 0 Å². The first-order valence-corrected chi connectivity index (χ1v) is 10.7. The fourth-order valence-electron chi connectivity index (χ4n) is 3.89. The number of amides is 2. The molecule has 1 atom stereocenters. The van der Waals surface area contributed by atoms with E-state index in [2.05, 4.69) is 30.3 Å². The first kappa shape index (κ1) is 21.0. The van der Waals surface area contributed by atoms with Crippen LogP contribution in [-0.4, -0.2) is 43.9 Å². The lowest BCUT2D eigenvalue weighted by Crippen LogP contribution is -2.52. The Labute approximate surface area is 189 Å². The molecular formula is C22H25FN8O2. The molecule has 0 radical (unpaired) electrons. The van der Waals surface area contributed by atoms with Gasteiger partial charge < -0.3 is 20.4 Å². The van der Waals surface area contributed by atoms with Crippen molar-refractivity contribution in [1.82, 2.24) is 24.9 Å². The van der Waals surface area contributed by atoms with Gasteiger partial charge in [0, 0.05) is 17.8 Å². The summed E-state index contributed by atoms with van der Waals surface area (Å²) in [5.74, 6) is -0.236. The lowest BCUT2D eigenvalue weighted by atomic mass is 10.1. The van der Waals surface area contributed by atoms with Crippen LogP contribution in [0.15, 0.2) is 35.8 Å². The molecule has 4 N–H and O–H groups in total. The third-order valence-corrected chi connectivity index (χ3v) is 5.63. The van der Waals surface area contributed by atoms with Crippen molar-refractivity contribution in [3.8, 4) is 11.1 Å². The molecule has 1 saturated carbocycles. The van der Waals surface area contributed by atoms with Gasteiger partial charge in [-0.2, -0.15) is 0 Å². The van der Waals surface area contributed by atoms with Gasteiger partial charge in [-0.1, -0.05) is 6.07 Å². The van der Waals surface area contributed by atoms with E-state index in [0.29, 0.717) is 22.8 Å². The van der Waals surface area contributed by atoms with Crippen LogP contribution in [0.5, 0.6) is 0 Å². The first-order valence-electron chi connectivity index (χ1n) is 10.7. The Bertz CT molecular complexity index is 1260. The minimum atomic E-state index is -0.788. The number of nitrogen functional groups attached to an aromatic ring is 1. The Balaban J connectivity index is 1.37. The number of ether oxygens (including phenoxy) is 1. The van der Waals surface area contributed by atoms with E-state index in [4.69, 9.17) is 10.5 Å². The van der Waals surface area contributed by atoms with E-state index in [1.165, 1.54) is 24.9 Å². The summed E-state index contributed by atoms with van der Waals surface area (Å²) in [7, 11) is 0. The van der Waals surface area contributed by atoms with Crippen molar-refractivity contribution < 1.29 is 13.9 Å². The number of hydrogen-bond donors (Lipinski definition) is 3. The topological polar surface area (TPSA) is 123 Å². The molecule has 0 spiro atoms. The van der Waals surface area contributed by atoms with Crippen molar-refractivity contribution in [3.63, 3.8) is 0 Å². The summed E-state index contributed by atoms with van der Waals surface area (Å²) in [5, 5.41) is 11.6. The highest BCUT2D eigenvalue weighted by Crippen LogP contribution is 2.42. The zero-order chi connectivity index (χ0) is 23.3. The molecule has 11 heteroatoms. The number of urea groups is 1. The molecule has 3 heterocycles. The van der Waals surface area contributed by atoms with Gasteiger partial charge >= 0.3 is 6.03 Å². The molecule has 2 aromatic heterocycles. The highest BCUT2D eigenvalue weighted by atomic mass is 19.1. The van der Waals surface area contributed by atoms with Gasteiger partial charge in [0.25, 0.3) is 6.35 Å². The monoisotopic (exact) mass is 452 g/mol. The molecule has 2 amide bonds. The number of nitrogens with zero attached hydrogens (tertiary/aromatic N) is 5. The van der Waals surface area contributed by atoms with Gasteiger partial charge in [0.1, 0.15) is 23.6 Å². The number of aromatic nitrogens is 3. The van der Waals surface area contributed by atoms with Gasteiger partial charge in [0.05, 0.1) is 16.6 Å². The maximum Gasteiger partial charge on any atom is 0.323 e. The minimum absolute atomic E-state index is 0.0348. The van der Waals surface area contributed by atoms with E-state index in [0.717, 1.165) is 24.1 Å². The average Bonchev–Trinajstić information content (AvgIpc) is 3.34. The lowest BCUT2D eigenvalue weighted by Gasteiger charge is -2.33. The van der Waals surface area contributed by atoms with Gasteiger partial charge in [-0.05, 0) is 51.3 Å². The largest absolute Gasteiger partial charge is 0.439 e. The Morgan fingerprint density at radius 1 is 1.27 bits per heavy atom. The number of fused-ring (bicyclic) bond motifs is 1. The van der Waals surface area contributed by atoms with E-state index >= 15 is 0 Å². The second-order valence-electron chi connectivity index (χ2n) is 9.16. The van der Waals surface area contributed by atoms with Crippen LogP contribution in [0.2, 0.25) is 0 Å². The molecule has 172 valence electrons. The van der Waals surface area contributed by atoms with Crippen LogP contribution in [0.1, 0.15) is 39.7 Å². The Hall–Kier alpha value is -3.89. The summed E-state index contributed by atoms with van der Waals surface area (Å²) in [6.45, 7) is 5.80. The third-order valence-electron chi connectivity index (χ3n) is 5.63. The molecule has 5 rings (SSSR count). The Morgan fingerprint density at radius 2 is 2.06 bits per heavy atom. The van der Waals surface area contributed by atoms with Crippen molar-refractivity contribution in [2.75, 3.05) is 11.1 Å². The lowest BCUT2D eigenvalue weighted by molar-refractivity contribution is -0.0170. The van der Waals surface area contributed by atoms with Crippen LogP contribution in [-0.2, 0) is 4.74 Å². The number of nitrogens with one attached hydrogen (secondary N) is 2. The molecule has 1 fully saturated rings.